The number of amides is 2. The monoisotopic (exact) mass is 302 g/mol. The first kappa shape index (κ1) is 16.1. The van der Waals surface area contributed by atoms with Gasteiger partial charge in [0.05, 0.1) is 6.61 Å². The Labute approximate surface area is 131 Å². The fourth-order valence-electron chi connectivity index (χ4n) is 2.28. The van der Waals surface area contributed by atoms with Crippen molar-refractivity contribution >= 4 is 18.4 Å². The van der Waals surface area contributed by atoms with E-state index >= 15 is 0 Å². The minimum Gasteiger partial charge on any atom is -0.493 e. The van der Waals surface area contributed by atoms with Crippen molar-refractivity contribution < 1.29 is 14.3 Å². The molecule has 2 rings (SSSR count). The van der Waals surface area contributed by atoms with Crippen LogP contribution in [0, 0.1) is 0 Å². The van der Waals surface area contributed by atoms with Gasteiger partial charge in [-0.25, -0.2) is 0 Å². The van der Waals surface area contributed by atoms with Gasteiger partial charge < -0.3 is 14.5 Å². The first-order chi connectivity index (χ1) is 10.7. The van der Waals surface area contributed by atoms with Gasteiger partial charge in [0.2, 0.25) is 12.3 Å². The molecular weight excluding hydrogens is 280 g/mol. The molecule has 5 heteroatoms. The van der Waals surface area contributed by atoms with E-state index in [-0.39, 0.29) is 5.91 Å². The van der Waals surface area contributed by atoms with Crippen molar-refractivity contribution in [2.24, 2.45) is 0 Å². The van der Waals surface area contributed by atoms with Crippen LogP contribution in [0.2, 0.25) is 0 Å². The number of para-hydroxylation sites is 1. The van der Waals surface area contributed by atoms with E-state index in [1.54, 1.807) is 22.0 Å². The molecule has 0 bridgehead atoms. The standard InChI is InChI=1S/C17H22N2O3/c1-2-13-22-16-6-4-3-5-15(16)7-8-17(21)19-11-9-18(14-20)10-12-19/h3-8,14H,2,9-13H2,1H3/b8-7+. The molecule has 0 unspecified atom stereocenters. The lowest BCUT2D eigenvalue weighted by Gasteiger charge is -2.31. The van der Waals surface area contributed by atoms with Crippen LogP contribution in [0.15, 0.2) is 30.3 Å². The number of ether oxygens (including phenoxy) is 1. The van der Waals surface area contributed by atoms with Crippen molar-refractivity contribution in [3.05, 3.63) is 35.9 Å². The van der Waals surface area contributed by atoms with Crippen molar-refractivity contribution in [1.82, 2.24) is 9.80 Å². The highest BCUT2D eigenvalue weighted by molar-refractivity contribution is 5.92. The van der Waals surface area contributed by atoms with E-state index in [1.807, 2.05) is 24.3 Å². The molecule has 0 radical (unpaired) electrons. The second-order valence-corrected chi connectivity index (χ2v) is 5.19. The summed E-state index contributed by atoms with van der Waals surface area (Å²) in [6.45, 7) is 5.07. The summed E-state index contributed by atoms with van der Waals surface area (Å²) in [6, 6.07) is 7.68. The maximum absolute atomic E-state index is 12.2. The fourth-order valence-corrected chi connectivity index (χ4v) is 2.28. The maximum atomic E-state index is 12.2. The highest BCUT2D eigenvalue weighted by atomic mass is 16.5. The fraction of sp³-hybridized carbons (Fsp3) is 0.412. The number of rotatable bonds is 6. The van der Waals surface area contributed by atoms with E-state index in [2.05, 4.69) is 6.92 Å². The van der Waals surface area contributed by atoms with Crippen LogP contribution in [0.5, 0.6) is 5.75 Å². The van der Waals surface area contributed by atoms with Crippen LogP contribution < -0.4 is 4.74 Å². The molecule has 0 aliphatic carbocycles. The molecule has 1 saturated heterocycles. The Kier molecular flexibility index (Phi) is 6.01. The van der Waals surface area contributed by atoms with Crippen molar-refractivity contribution in [3.8, 4) is 5.75 Å². The molecule has 5 nitrogen and oxygen atoms in total. The number of piperazine rings is 1. The second kappa shape index (κ2) is 8.22. The quantitative estimate of drug-likeness (QED) is 0.594. The summed E-state index contributed by atoms with van der Waals surface area (Å²) >= 11 is 0. The molecular formula is C17H22N2O3. The largest absolute Gasteiger partial charge is 0.493 e. The highest BCUT2D eigenvalue weighted by Crippen LogP contribution is 2.19. The third-order valence-corrected chi connectivity index (χ3v) is 3.56. The number of hydrogen-bond acceptors (Lipinski definition) is 3. The smallest absolute Gasteiger partial charge is 0.246 e. The molecule has 0 saturated carbocycles. The summed E-state index contributed by atoms with van der Waals surface area (Å²) in [5.41, 5.74) is 0.899. The summed E-state index contributed by atoms with van der Waals surface area (Å²) < 4.78 is 5.67. The highest BCUT2D eigenvalue weighted by Gasteiger charge is 2.18. The lowest BCUT2D eigenvalue weighted by Crippen LogP contribution is -2.47. The van der Waals surface area contributed by atoms with Crippen molar-refractivity contribution in [1.29, 1.82) is 0 Å². The number of nitrogens with zero attached hydrogens (tertiary/aromatic N) is 2. The van der Waals surface area contributed by atoms with Gasteiger partial charge in [0.25, 0.3) is 0 Å². The predicted molar refractivity (Wildman–Crippen MR) is 85.5 cm³/mol. The molecule has 1 aromatic carbocycles. The summed E-state index contributed by atoms with van der Waals surface area (Å²) in [7, 11) is 0. The molecule has 2 amide bonds. The number of benzene rings is 1. The third-order valence-electron chi connectivity index (χ3n) is 3.56. The molecule has 0 aromatic heterocycles. The third kappa shape index (κ3) is 4.35. The molecule has 1 aliphatic heterocycles. The molecule has 1 heterocycles. The SMILES string of the molecule is CCCOc1ccccc1/C=C/C(=O)N1CCN(C=O)CC1. The number of hydrogen-bond donors (Lipinski definition) is 0. The molecule has 0 atom stereocenters. The average molecular weight is 302 g/mol. The maximum Gasteiger partial charge on any atom is 0.246 e. The molecule has 0 N–H and O–H groups in total. The Bertz CT molecular complexity index is 534. The minimum absolute atomic E-state index is 0.0316. The van der Waals surface area contributed by atoms with Gasteiger partial charge in [0.1, 0.15) is 5.75 Å². The molecule has 0 spiro atoms. The number of carbonyl (C=O) groups excluding carboxylic acids is 2. The summed E-state index contributed by atoms with van der Waals surface area (Å²) in [4.78, 5) is 26.3. The van der Waals surface area contributed by atoms with Crippen LogP contribution in [0.1, 0.15) is 18.9 Å². The summed E-state index contributed by atoms with van der Waals surface area (Å²) in [5, 5.41) is 0. The molecule has 22 heavy (non-hydrogen) atoms. The van der Waals surface area contributed by atoms with Crippen molar-refractivity contribution in [3.63, 3.8) is 0 Å². The van der Waals surface area contributed by atoms with E-state index in [1.165, 1.54) is 0 Å². The average Bonchev–Trinajstić information content (AvgIpc) is 2.58. The molecule has 1 aliphatic rings. The predicted octanol–water partition coefficient (Wildman–Crippen LogP) is 1.79. The normalized spacial score (nSPS) is 15.1. The van der Waals surface area contributed by atoms with Gasteiger partial charge in [0, 0.05) is 37.8 Å². The van der Waals surface area contributed by atoms with Crippen molar-refractivity contribution in [2.45, 2.75) is 13.3 Å². The van der Waals surface area contributed by atoms with Gasteiger partial charge in [-0.3, -0.25) is 9.59 Å². The van der Waals surface area contributed by atoms with Gasteiger partial charge in [-0.1, -0.05) is 25.1 Å². The Hall–Kier alpha value is -2.30. The zero-order valence-electron chi connectivity index (χ0n) is 12.9. The van der Waals surface area contributed by atoms with E-state index in [4.69, 9.17) is 4.74 Å². The minimum atomic E-state index is -0.0316. The van der Waals surface area contributed by atoms with Gasteiger partial charge >= 0.3 is 0 Å². The Balaban J connectivity index is 1.96. The summed E-state index contributed by atoms with van der Waals surface area (Å²) in [6.07, 6.45) is 5.14. The Morgan fingerprint density at radius 2 is 1.95 bits per heavy atom. The topological polar surface area (TPSA) is 49.9 Å². The van der Waals surface area contributed by atoms with Crippen LogP contribution >= 0.6 is 0 Å². The van der Waals surface area contributed by atoms with Crippen LogP contribution in [-0.2, 0) is 9.59 Å². The van der Waals surface area contributed by atoms with E-state index in [0.29, 0.717) is 32.8 Å². The van der Waals surface area contributed by atoms with Crippen LogP contribution in [0.25, 0.3) is 6.08 Å². The summed E-state index contributed by atoms with van der Waals surface area (Å²) in [5.74, 6) is 0.759. The van der Waals surface area contributed by atoms with Crippen molar-refractivity contribution in [2.75, 3.05) is 32.8 Å². The zero-order valence-corrected chi connectivity index (χ0v) is 12.9. The Morgan fingerprint density at radius 3 is 2.64 bits per heavy atom. The van der Waals surface area contributed by atoms with E-state index in [0.717, 1.165) is 24.1 Å². The van der Waals surface area contributed by atoms with Gasteiger partial charge in [-0.05, 0) is 18.6 Å². The zero-order chi connectivity index (χ0) is 15.8. The lowest BCUT2D eigenvalue weighted by molar-refractivity contribution is -0.130. The first-order valence-corrected chi connectivity index (χ1v) is 7.62. The Morgan fingerprint density at radius 1 is 1.23 bits per heavy atom. The van der Waals surface area contributed by atoms with E-state index < -0.39 is 0 Å². The molecule has 1 fully saturated rings. The van der Waals surface area contributed by atoms with Gasteiger partial charge in [0.15, 0.2) is 0 Å². The van der Waals surface area contributed by atoms with Crippen LogP contribution in [0.3, 0.4) is 0 Å². The number of carbonyl (C=O) groups is 2. The first-order valence-electron chi connectivity index (χ1n) is 7.62. The molecule has 118 valence electrons. The van der Waals surface area contributed by atoms with Gasteiger partial charge in [-0.15, -0.1) is 0 Å². The molecule has 1 aromatic rings. The van der Waals surface area contributed by atoms with Crippen LogP contribution in [-0.4, -0.2) is 54.9 Å². The lowest BCUT2D eigenvalue weighted by atomic mass is 10.2. The van der Waals surface area contributed by atoms with E-state index in [9.17, 15) is 9.59 Å². The second-order valence-electron chi connectivity index (χ2n) is 5.19. The van der Waals surface area contributed by atoms with Gasteiger partial charge in [-0.2, -0.15) is 0 Å². The van der Waals surface area contributed by atoms with Crippen LogP contribution in [0.4, 0.5) is 0 Å².